The first-order chi connectivity index (χ1) is 10.3. The summed E-state index contributed by atoms with van der Waals surface area (Å²) in [6.45, 7) is 4.12. The van der Waals surface area contributed by atoms with Crippen molar-refractivity contribution in [1.82, 2.24) is 0 Å². The number of para-hydroxylation sites is 1. The fraction of sp³-hybridized carbons (Fsp3) is 0.250. The SMILES string of the molecule is CCC(C)c1ccccc1NS(=O)(=O)c1cc(Cl)cc(Cl)c1. The normalized spacial score (nSPS) is 12.9. The molecule has 2 aromatic carbocycles. The van der Waals surface area contributed by atoms with Gasteiger partial charge in [0.1, 0.15) is 0 Å². The molecule has 0 saturated carbocycles. The van der Waals surface area contributed by atoms with Crippen LogP contribution in [0.5, 0.6) is 0 Å². The third-order valence-corrected chi connectivity index (χ3v) is 5.28. The van der Waals surface area contributed by atoms with Crippen LogP contribution in [0, 0.1) is 0 Å². The van der Waals surface area contributed by atoms with E-state index in [1.165, 1.54) is 18.2 Å². The van der Waals surface area contributed by atoms with Gasteiger partial charge in [-0.1, -0.05) is 55.2 Å². The Morgan fingerprint density at radius 1 is 1.09 bits per heavy atom. The van der Waals surface area contributed by atoms with Crippen LogP contribution in [0.25, 0.3) is 0 Å². The van der Waals surface area contributed by atoms with E-state index in [4.69, 9.17) is 23.2 Å². The van der Waals surface area contributed by atoms with Crippen LogP contribution in [0.4, 0.5) is 5.69 Å². The molecule has 2 rings (SSSR count). The predicted octanol–water partition coefficient (Wildman–Crippen LogP) is 5.31. The van der Waals surface area contributed by atoms with Gasteiger partial charge in [0, 0.05) is 10.0 Å². The smallest absolute Gasteiger partial charge is 0.262 e. The molecule has 0 aliphatic carbocycles. The molecule has 22 heavy (non-hydrogen) atoms. The molecule has 0 heterocycles. The van der Waals surface area contributed by atoms with Crippen molar-refractivity contribution in [3.63, 3.8) is 0 Å². The number of anilines is 1. The Hall–Kier alpha value is -1.23. The van der Waals surface area contributed by atoms with E-state index >= 15 is 0 Å². The highest BCUT2D eigenvalue weighted by molar-refractivity contribution is 7.92. The molecule has 0 spiro atoms. The number of halogens is 2. The Bertz CT molecular complexity index is 755. The zero-order valence-electron chi connectivity index (χ0n) is 12.3. The van der Waals surface area contributed by atoms with Crippen LogP contribution in [-0.2, 0) is 10.0 Å². The van der Waals surface area contributed by atoms with Crippen molar-refractivity contribution in [3.8, 4) is 0 Å². The highest BCUT2D eigenvalue weighted by atomic mass is 35.5. The zero-order chi connectivity index (χ0) is 16.3. The number of hydrogen-bond donors (Lipinski definition) is 1. The predicted molar refractivity (Wildman–Crippen MR) is 92.4 cm³/mol. The quantitative estimate of drug-likeness (QED) is 0.788. The topological polar surface area (TPSA) is 46.2 Å². The first-order valence-electron chi connectivity index (χ1n) is 6.91. The fourth-order valence-electron chi connectivity index (χ4n) is 2.13. The van der Waals surface area contributed by atoms with Crippen LogP contribution in [-0.4, -0.2) is 8.42 Å². The van der Waals surface area contributed by atoms with E-state index in [9.17, 15) is 8.42 Å². The lowest BCUT2D eigenvalue weighted by molar-refractivity contribution is 0.601. The van der Waals surface area contributed by atoms with Crippen molar-refractivity contribution in [1.29, 1.82) is 0 Å². The monoisotopic (exact) mass is 357 g/mol. The maximum atomic E-state index is 12.5. The van der Waals surface area contributed by atoms with Gasteiger partial charge in [-0.25, -0.2) is 8.42 Å². The average Bonchev–Trinajstić information content (AvgIpc) is 2.45. The molecule has 1 unspecified atom stereocenters. The van der Waals surface area contributed by atoms with Crippen LogP contribution in [0.1, 0.15) is 31.7 Å². The summed E-state index contributed by atoms with van der Waals surface area (Å²) in [6.07, 6.45) is 0.918. The lowest BCUT2D eigenvalue weighted by Crippen LogP contribution is -2.14. The van der Waals surface area contributed by atoms with Crippen molar-refractivity contribution in [2.75, 3.05) is 4.72 Å². The summed E-state index contributed by atoms with van der Waals surface area (Å²) in [4.78, 5) is 0.0453. The van der Waals surface area contributed by atoms with Gasteiger partial charge in [0.15, 0.2) is 0 Å². The molecule has 1 N–H and O–H groups in total. The van der Waals surface area contributed by atoms with Crippen molar-refractivity contribution in [2.45, 2.75) is 31.1 Å². The van der Waals surface area contributed by atoms with Crippen molar-refractivity contribution >= 4 is 38.9 Å². The van der Waals surface area contributed by atoms with Gasteiger partial charge in [0.2, 0.25) is 0 Å². The summed E-state index contributed by atoms with van der Waals surface area (Å²) in [7, 11) is -3.74. The van der Waals surface area contributed by atoms with Gasteiger partial charge in [0.05, 0.1) is 10.6 Å². The van der Waals surface area contributed by atoms with Crippen LogP contribution in [0.3, 0.4) is 0 Å². The average molecular weight is 358 g/mol. The van der Waals surface area contributed by atoms with Gasteiger partial charge < -0.3 is 0 Å². The van der Waals surface area contributed by atoms with Crippen LogP contribution in [0.15, 0.2) is 47.4 Å². The third-order valence-electron chi connectivity index (χ3n) is 3.49. The molecule has 3 nitrogen and oxygen atoms in total. The number of nitrogens with one attached hydrogen (secondary N) is 1. The molecule has 0 amide bonds. The summed E-state index contributed by atoms with van der Waals surface area (Å²) >= 11 is 11.8. The first-order valence-corrected chi connectivity index (χ1v) is 9.15. The van der Waals surface area contributed by atoms with Crippen LogP contribution >= 0.6 is 23.2 Å². The Morgan fingerprint density at radius 3 is 2.27 bits per heavy atom. The Morgan fingerprint density at radius 2 is 1.68 bits per heavy atom. The number of benzene rings is 2. The lowest BCUT2D eigenvalue weighted by atomic mass is 9.97. The molecular formula is C16H17Cl2NO2S. The Labute approximate surface area is 141 Å². The largest absolute Gasteiger partial charge is 0.279 e. The number of hydrogen-bond acceptors (Lipinski definition) is 2. The van der Waals surface area contributed by atoms with Gasteiger partial charge in [-0.3, -0.25) is 4.72 Å². The van der Waals surface area contributed by atoms with E-state index in [2.05, 4.69) is 18.6 Å². The van der Waals surface area contributed by atoms with Crippen LogP contribution in [0.2, 0.25) is 10.0 Å². The minimum absolute atomic E-state index is 0.0453. The van der Waals surface area contributed by atoms with Gasteiger partial charge in [0.25, 0.3) is 10.0 Å². The van der Waals surface area contributed by atoms with Gasteiger partial charge in [-0.2, -0.15) is 0 Å². The molecule has 0 aliphatic rings. The van der Waals surface area contributed by atoms with E-state index in [0.29, 0.717) is 5.69 Å². The summed E-state index contributed by atoms with van der Waals surface area (Å²) in [6, 6.07) is 11.6. The number of rotatable bonds is 5. The molecule has 0 fully saturated rings. The molecule has 1 atom stereocenters. The van der Waals surface area contributed by atoms with Crippen molar-refractivity contribution in [3.05, 3.63) is 58.1 Å². The standard InChI is InChI=1S/C16H17Cl2NO2S/c1-3-11(2)15-6-4-5-7-16(15)19-22(20,21)14-9-12(17)8-13(18)10-14/h4-11,19H,3H2,1-2H3. The summed E-state index contributed by atoms with van der Waals surface area (Å²) in [5, 5.41) is 0.561. The van der Waals surface area contributed by atoms with Crippen molar-refractivity contribution < 1.29 is 8.42 Å². The van der Waals surface area contributed by atoms with E-state index in [1.54, 1.807) is 12.1 Å². The van der Waals surface area contributed by atoms with Gasteiger partial charge >= 0.3 is 0 Å². The first kappa shape index (κ1) is 17.1. The highest BCUT2D eigenvalue weighted by Gasteiger charge is 2.18. The molecule has 2 aromatic rings. The highest BCUT2D eigenvalue weighted by Crippen LogP contribution is 2.29. The van der Waals surface area contributed by atoms with E-state index in [1.807, 2.05) is 12.1 Å². The lowest BCUT2D eigenvalue weighted by Gasteiger charge is -2.16. The minimum atomic E-state index is -3.74. The zero-order valence-corrected chi connectivity index (χ0v) is 14.6. The van der Waals surface area contributed by atoms with Crippen LogP contribution < -0.4 is 4.72 Å². The molecular weight excluding hydrogens is 341 g/mol. The molecule has 0 radical (unpaired) electrons. The molecule has 6 heteroatoms. The second-order valence-corrected chi connectivity index (χ2v) is 7.66. The Kier molecular flexibility index (Phi) is 5.37. The van der Waals surface area contributed by atoms with Gasteiger partial charge in [-0.15, -0.1) is 0 Å². The molecule has 0 saturated heterocycles. The molecule has 0 bridgehead atoms. The third kappa shape index (κ3) is 3.94. The maximum Gasteiger partial charge on any atom is 0.262 e. The van der Waals surface area contributed by atoms with E-state index in [0.717, 1.165) is 12.0 Å². The Balaban J connectivity index is 2.41. The fourth-order valence-corrected chi connectivity index (χ4v) is 3.94. The second-order valence-electron chi connectivity index (χ2n) is 5.11. The molecule has 0 aromatic heterocycles. The summed E-state index contributed by atoms with van der Waals surface area (Å²) in [5.41, 5.74) is 1.54. The van der Waals surface area contributed by atoms with Gasteiger partial charge in [-0.05, 0) is 42.2 Å². The van der Waals surface area contributed by atoms with E-state index in [-0.39, 0.29) is 20.9 Å². The summed E-state index contributed by atoms with van der Waals surface area (Å²) < 4.78 is 27.7. The molecule has 118 valence electrons. The molecule has 0 aliphatic heterocycles. The van der Waals surface area contributed by atoms with E-state index < -0.39 is 10.0 Å². The van der Waals surface area contributed by atoms with Crippen molar-refractivity contribution in [2.24, 2.45) is 0 Å². The number of sulfonamides is 1. The second kappa shape index (κ2) is 6.90. The summed E-state index contributed by atoms with van der Waals surface area (Å²) in [5.74, 6) is 0.252. The maximum absolute atomic E-state index is 12.5. The minimum Gasteiger partial charge on any atom is -0.279 e.